The maximum absolute atomic E-state index is 5.48. The Morgan fingerprint density at radius 2 is 1.70 bits per heavy atom. The molecule has 20 heavy (non-hydrogen) atoms. The molecule has 0 aliphatic heterocycles. The van der Waals surface area contributed by atoms with Crippen LogP contribution in [0.15, 0.2) is 39.3 Å². The summed E-state index contributed by atoms with van der Waals surface area (Å²) >= 11 is 12.6. The predicted molar refractivity (Wildman–Crippen MR) is 93.3 cm³/mol. The van der Waals surface area contributed by atoms with E-state index in [1.54, 1.807) is 0 Å². The number of hydrogen-bond acceptors (Lipinski definition) is 1. The minimum Gasteiger partial charge on any atom is -0.330 e. The first-order chi connectivity index (χ1) is 9.47. The minimum atomic E-state index is 0.708. The Hall–Kier alpha value is -0.910. The maximum atomic E-state index is 5.48. The Kier molecular flexibility index (Phi) is 3.60. The molecule has 0 unspecified atom stereocenters. The summed E-state index contributed by atoms with van der Waals surface area (Å²) < 4.78 is 4.97. The molecule has 0 amide bonds. The second-order valence-electron chi connectivity index (χ2n) is 4.82. The van der Waals surface area contributed by atoms with Crippen LogP contribution in [0.2, 0.25) is 0 Å². The molecule has 2 aromatic carbocycles. The number of nitrogens with zero attached hydrogens (tertiary/aromatic N) is 1. The molecule has 0 atom stereocenters. The molecular weight excluding hydrogens is 400 g/mol. The fraction of sp³-hybridized carbons (Fsp3) is 0.133. The summed E-state index contributed by atoms with van der Waals surface area (Å²) in [6, 6.07) is 10.4. The van der Waals surface area contributed by atoms with E-state index in [1.165, 1.54) is 11.1 Å². The molecule has 3 aromatic rings. The molecule has 102 valence electrons. The van der Waals surface area contributed by atoms with Gasteiger partial charge in [-0.2, -0.15) is 0 Å². The highest BCUT2D eigenvalue weighted by atomic mass is 79.9. The van der Waals surface area contributed by atoms with Crippen LogP contribution in [0.4, 0.5) is 0 Å². The second-order valence-corrected chi connectivity index (χ2v) is 6.92. The van der Waals surface area contributed by atoms with E-state index in [4.69, 9.17) is 12.2 Å². The summed E-state index contributed by atoms with van der Waals surface area (Å²) in [7, 11) is 0. The fourth-order valence-electron chi connectivity index (χ4n) is 2.39. The number of halogens is 2. The zero-order valence-corrected chi connectivity index (χ0v) is 15.0. The van der Waals surface area contributed by atoms with Gasteiger partial charge >= 0.3 is 0 Å². The van der Waals surface area contributed by atoms with Gasteiger partial charge in [0.15, 0.2) is 4.77 Å². The van der Waals surface area contributed by atoms with E-state index >= 15 is 0 Å². The highest BCUT2D eigenvalue weighted by Crippen LogP contribution is 2.28. The van der Waals surface area contributed by atoms with Crippen molar-refractivity contribution in [2.24, 2.45) is 0 Å². The van der Waals surface area contributed by atoms with Crippen molar-refractivity contribution in [1.82, 2.24) is 9.55 Å². The van der Waals surface area contributed by atoms with E-state index < -0.39 is 0 Å². The number of fused-ring (bicyclic) bond motifs is 1. The minimum absolute atomic E-state index is 0.708. The summed E-state index contributed by atoms with van der Waals surface area (Å²) in [5.41, 5.74) is 5.60. The maximum Gasteiger partial charge on any atom is 0.182 e. The molecule has 1 heterocycles. The van der Waals surface area contributed by atoms with Crippen molar-refractivity contribution in [2.75, 3.05) is 0 Å². The predicted octanol–water partition coefficient (Wildman–Crippen LogP) is 5.83. The molecule has 0 saturated carbocycles. The van der Waals surface area contributed by atoms with Crippen LogP contribution < -0.4 is 0 Å². The number of aryl methyl sites for hydroxylation is 2. The molecule has 0 fully saturated rings. The van der Waals surface area contributed by atoms with Crippen LogP contribution in [0.25, 0.3) is 16.7 Å². The molecule has 1 N–H and O–H groups in total. The third-order valence-corrected chi connectivity index (χ3v) is 5.35. The van der Waals surface area contributed by atoms with Gasteiger partial charge in [-0.25, -0.2) is 0 Å². The third-order valence-electron chi connectivity index (χ3n) is 3.32. The summed E-state index contributed by atoms with van der Waals surface area (Å²) in [5, 5.41) is 0. The van der Waals surface area contributed by atoms with Gasteiger partial charge < -0.3 is 4.98 Å². The van der Waals surface area contributed by atoms with Crippen molar-refractivity contribution in [1.29, 1.82) is 0 Å². The average molecular weight is 412 g/mol. The van der Waals surface area contributed by atoms with E-state index in [9.17, 15) is 0 Å². The SMILES string of the molecule is Cc1cc(-n2c(=S)[nH]c3cc(Br)ccc32)cc(C)c1Br. The Morgan fingerprint density at radius 1 is 1.05 bits per heavy atom. The number of aromatic nitrogens is 2. The van der Waals surface area contributed by atoms with Crippen LogP contribution in [-0.4, -0.2) is 9.55 Å². The number of hydrogen-bond donors (Lipinski definition) is 1. The standard InChI is InChI=1S/C15H12Br2N2S/c1-8-5-11(6-9(2)14(8)17)19-13-4-3-10(16)7-12(13)18-15(19)20/h3-7H,1-2H3,(H,18,20). The number of benzene rings is 2. The molecule has 0 radical (unpaired) electrons. The molecule has 0 aliphatic carbocycles. The third kappa shape index (κ3) is 2.28. The molecule has 0 bridgehead atoms. The molecule has 0 saturated heterocycles. The Bertz CT molecular complexity index is 854. The van der Waals surface area contributed by atoms with Gasteiger partial charge in [0.25, 0.3) is 0 Å². The monoisotopic (exact) mass is 410 g/mol. The van der Waals surface area contributed by atoms with Crippen molar-refractivity contribution >= 4 is 55.1 Å². The van der Waals surface area contributed by atoms with E-state index in [-0.39, 0.29) is 0 Å². The Balaban J connectivity index is 2.35. The van der Waals surface area contributed by atoms with Crippen molar-refractivity contribution in [3.63, 3.8) is 0 Å². The molecular formula is C15H12Br2N2S. The van der Waals surface area contributed by atoms with Gasteiger partial charge in [-0.3, -0.25) is 4.57 Å². The van der Waals surface area contributed by atoms with Gasteiger partial charge in [0, 0.05) is 14.6 Å². The summed E-state index contributed by atoms with van der Waals surface area (Å²) in [5.74, 6) is 0. The lowest BCUT2D eigenvalue weighted by atomic mass is 10.1. The lowest BCUT2D eigenvalue weighted by Gasteiger charge is -2.10. The topological polar surface area (TPSA) is 20.7 Å². The van der Waals surface area contributed by atoms with Gasteiger partial charge in [-0.05, 0) is 67.5 Å². The second kappa shape index (κ2) is 5.13. The largest absolute Gasteiger partial charge is 0.330 e. The first kappa shape index (κ1) is 14.0. The fourth-order valence-corrected chi connectivity index (χ4v) is 3.30. The molecule has 0 spiro atoms. The molecule has 5 heteroatoms. The van der Waals surface area contributed by atoms with Gasteiger partial charge in [0.2, 0.25) is 0 Å². The summed E-state index contributed by atoms with van der Waals surface area (Å²) in [6.07, 6.45) is 0. The highest BCUT2D eigenvalue weighted by molar-refractivity contribution is 9.10. The van der Waals surface area contributed by atoms with E-state index in [2.05, 4.69) is 73.5 Å². The molecule has 2 nitrogen and oxygen atoms in total. The lowest BCUT2D eigenvalue weighted by molar-refractivity contribution is 1.05. The molecule has 0 aliphatic rings. The van der Waals surface area contributed by atoms with Crippen molar-refractivity contribution in [3.05, 3.63) is 55.2 Å². The number of nitrogens with one attached hydrogen (secondary N) is 1. The van der Waals surface area contributed by atoms with Gasteiger partial charge in [-0.15, -0.1) is 0 Å². The number of H-pyrrole nitrogens is 1. The number of imidazole rings is 1. The lowest BCUT2D eigenvalue weighted by Crippen LogP contribution is -1.96. The summed E-state index contributed by atoms with van der Waals surface area (Å²) in [4.78, 5) is 3.26. The Morgan fingerprint density at radius 3 is 2.35 bits per heavy atom. The summed E-state index contributed by atoms with van der Waals surface area (Å²) in [6.45, 7) is 4.19. The normalized spacial score (nSPS) is 11.2. The van der Waals surface area contributed by atoms with Crippen molar-refractivity contribution < 1.29 is 0 Å². The first-order valence-electron chi connectivity index (χ1n) is 6.15. The smallest absolute Gasteiger partial charge is 0.182 e. The van der Waals surface area contributed by atoms with E-state index in [1.807, 2.05) is 12.1 Å². The highest BCUT2D eigenvalue weighted by Gasteiger charge is 2.09. The number of rotatable bonds is 1. The van der Waals surface area contributed by atoms with Gasteiger partial charge in [0.1, 0.15) is 0 Å². The van der Waals surface area contributed by atoms with Crippen molar-refractivity contribution in [3.8, 4) is 5.69 Å². The van der Waals surface area contributed by atoms with Gasteiger partial charge in [0.05, 0.1) is 11.0 Å². The number of aromatic amines is 1. The van der Waals surface area contributed by atoms with Crippen LogP contribution in [0.5, 0.6) is 0 Å². The van der Waals surface area contributed by atoms with Crippen LogP contribution in [-0.2, 0) is 0 Å². The van der Waals surface area contributed by atoms with Crippen LogP contribution in [0, 0.1) is 18.6 Å². The molecule has 3 rings (SSSR count). The molecule has 1 aromatic heterocycles. The zero-order chi connectivity index (χ0) is 14.4. The van der Waals surface area contributed by atoms with E-state index in [0.717, 1.165) is 25.7 Å². The van der Waals surface area contributed by atoms with Crippen LogP contribution in [0.1, 0.15) is 11.1 Å². The Labute approximate surface area is 139 Å². The van der Waals surface area contributed by atoms with Gasteiger partial charge in [-0.1, -0.05) is 31.9 Å². The zero-order valence-electron chi connectivity index (χ0n) is 11.0. The van der Waals surface area contributed by atoms with Crippen molar-refractivity contribution in [2.45, 2.75) is 13.8 Å². The van der Waals surface area contributed by atoms with E-state index in [0.29, 0.717) is 4.77 Å². The van der Waals surface area contributed by atoms with Crippen LogP contribution in [0.3, 0.4) is 0 Å². The average Bonchev–Trinajstić information content (AvgIpc) is 2.70. The van der Waals surface area contributed by atoms with Crippen LogP contribution >= 0.6 is 44.1 Å². The quantitative estimate of drug-likeness (QED) is 0.499. The first-order valence-corrected chi connectivity index (χ1v) is 8.14.